The molecule has 5 heteroatoms. The second kappa shape index (κ2) is 6.55. The molecule has 0 aliphatic heterocycles. The van der Waals surface area contributed by atoms with Crippen molar-refractivity contribution in [2.24, 2.45) is 0 Å². The first-order chi connectivity index (χ1) is 9.70. The average molecular weight is 269 g/mol. The lowest BCUT2D eigenvalue weighted by atomic mass is 10.2. The molecular weight excluding hydrogens is 254 g/mol. The quantitative estimate of drug-likeness (QED) is 0.742. The Morgan fingerprint density at radius 2 is 2.15 bits per heavy atom. The van der Waals surface area contributed by atoms with Gasteiger partial charge >= 0.3 is 0 Å². The Labute approximate surface area is 117 Å². The molecule has 0 spiro atoms. The number of carbonyl (C=O) groups excluding carboxylic acids is 1. The minimum absolute atomic E-state index is 0.0607. The number of H-pyrrole nitrogens is 1. The number of amides is 1. The van der Waals surface area contributed by atoms with E-state index in [1.807, 2.05) is 12.1 Å². The molecule has 0 unspecified atom stereocenters. The molecular formula is C15H15N3O2. The number of aromatic nitrogens is 2. The molecule has 102 valence electrons. The number of hydrogen-bond donors (Lipinski definition) is 3. The minimum Gasteiger partial charge on any atom is -0.395 e. The van der Waals surface area contributed by atoms with Gasteiger partial charge < -0.3 is 10.4 Å². The summed E-state index contributed by atoms with van der Waals surface area (Å²) in [4.78, 5) is 12.0. The van der Waals surface area contributed by atoms with Crippen molar-refractivity contribution < 1.29 is 9.90 Å². The van der Waals surface area contributed by atoms with Gasteiger partial charge in [0.1, 0.15) is 0 Å². The molecule has 2 rings (SSSR count). The van der Waals surface area contributed by atoms with Crippen LogP contribution in [0.3, 0.4) is 0 Å². The zero-order valence-electron chi connectivity index (χ0n) is 11.1. The third-order valence-corrected chi connectivity index (χ3v) is 2.69. The topological polar surface area (TPSA) is 78.0 Å². The van der Waals surface area contributed by atoms with Crippen molar-refractivity contribution in [2.45, 2.75) is 13.3 Å². The van der Waals surface area contributed by atoms with E-state index in [0.29, 0.717) is 17.7 Å². The number of aromatic amines is 1. The Hall–Kier alpha value is -2.58. The summed E-state index contributed by atoms with van der Waals surface area (Å²) in [6.45, 7) is 1.85. The van der Waals surface area contributed by atoms with Crippen molar-refractivity contribution in [2.75, 3.05) is 11.9 Å². The maximum absolute atomic E-state index is 12.0. The Morgan fingerprint density at radius 3 is 2.75 bits per heavy atom. The number of nitrogens with zero attached hydrogens (tertiary/aromatic N) is 1. The number of hydrogen-bond acceptors (Lipinski definition) is 3. The largest absolute Gasteiger partial charge is 0.395 e. The highest BCUT2D eigenvalue weighted by Crippen LogP contribution is 2.11. The molecule has 0 bridgehead atoms. The standard InChI is InChI=1S/C15H15N3O2/c1-11-14(10-16-18-11)15(20)17-13-7-5-12(6-8-13)4-2-3-9-19/h5-8,10,19H,3,9H2,1H3,(H,16,18)(H,17,20). The highest BCUT2D eigenvalue weighted by atomic mass is 16.2. The van der Waals surface area contributed by atoms with Crippen LogP contribution in [0.1, 0.15) is 28.0 Å². The molecule has 1 heterocycles. The minimum atomic E-state index is -0.199. The zero-order chi connectivity index (χ0) is 14.4. The summed E-state index contributed by atoms with van der Waals surface area (Å²) in [5, 5.41) is 18.0. The van der Waals surface area contributed by atoms with Gasteiger partial charge in [-0.15, -0.1) is 0 Å². The number of aliphatic hydroxyl groups is 1. The first-order valence-electron chi connectivity index (χ1n) is 6.22. The molecule has 2 aromatic rings. The highest BCUT2D eigenvalue weighted by Gasteiger charge is 2.10. The van der Waals surface area contributed by atoms with Gasteiger partial charge in [0.2, 0.25) is 0 Å². The van der Waals surface area contributed by atoms with E-state index in [9.17, 15) is 4.79 Å². The lowest BCUT2D eigenvalue weighted by Gasteiger charge is -2.04. The Morgan fingerprint density at radius 1 is 1.40 bits per heavy atom. The molecule has 5 nitrogen and oxygen atoms in total. The summed E-state index contributed by atoms with van der Waals surface area (Å²) in [7, 11) is 0. The van der Waals surface area contributed by atoms with Gasteiger partial charge in [-0.05, 0) is 31.2 Å². The van der Waals surface area contributed by atoms with Crippen LogP contribution in [0.25, 0.3) is 0 Å². The van der Waals surface area contributed by atoms with Crippen LogP contribution in [0.15, 0.2) is 30.5 Å². The smallest absolute Gasteiger partial charge is 0.259 e. The molecule has 20 heavy (non-hydrogen) atoms. The first kappa shape index (κ1) is 13.8. The van der Waals surface area contributed by atoms with Gasteiger partial charge in [0.15, 0.2) is 0 Å². The van der Waals surface area contributed by atoms with E-state index < -0.39 is 0 Å². The molecule has 0 fully saturated rings. The number of aryl methyl sites for hydroxylation is 1. The molecule has 0 atom stereocenters. The number of rotatable bonds is 3. The van der Waals surface area contributed by atoms with E-state index in [2.05, 4.69) is 27.4 Å². The van der Waals surface area contributed by atoms with Crippen LogP contribution in [-0.4, -0.2) is 27.8 Å². The third kappa shape index (κ3) is 3.46. The summed E-state index contributed by atoms with van der Waals surface area (Å²) >= 11 is 0. The maximum Gasteiger partial charge on any atom is 0.259 e. The van der Waals surface area contributed by atoms with Crippen molar-refractivity contribution in [3.63, 3.8) is 0 Å². The van der Waals surface area contributed by atoms with Gasteiger partial charge in [0.05, 0.1) is 18.4 Å². The van der Waals surface area contributed by atoms with Crippen molar-refractivity contribution in [1.29, 1.82) is 0 Å². The normalized spacial score (nSPS) is 9.70. The molecule has 1 aromatic carbocycles. The van der Waals surface area contributed by atoms with E-state index in [4.69, 9.17) is 5.11 Å². The summed E-state index contributed by atoms with van der Waals surface area (Å²) in [5.41, 5.74) is 2.80. The predicted octanol–water partition coefficient (Wildman–Crippen LogP) is 1.70. The van der Waals surface area contributed by atoms with E-state index in [1.165, 1.54) is 6.20 Å². The van der Waals surface area contributed by atoms with Crippen LogP contribution in [0, 0.1) is 18.8 Å². The fourth-order valence-electron chi connectivity index (χ4n) is 1.64. The van der Waals surface area contributed by atoms with Crippen LogP contribution in [0.5, 0.6) is 0 Å². The number of carbonyl (C=O) groups is 1. The summed E-state index contributed by atoms with van der Waals surface area (Å²) in [5.74, 6) is 5.57. The van der Waals surface area contributed by atoms with Crippen molar-refractivity contribution in [1.82, 2.24) is 10.2 Å². The van der Waals surface area contributed by atoms with Crippen LogP contribution in [0.4, 0.5) is 5.69 Å². The molecule has 3 N–H and O–H groups in total. The van der Waals surface area contributed by atoms with Gasteiger partial charge in [-0.25, -0.2) is 0 Å². The second-order valence-corrected chi connectivity index (χ2v) is 4.22. The molecule has 0 radical (unpaired) electrons. The average Bonchev–Trinajstić information content (AvgIpc) is 2.87. The zero-order valence-corrected chi connectivity index (χ0v) is 11.1. The van der Waals surface area contributed by atoms with Crippen molar-refractivity contribution >= 4 is 11.6 Å². The number of aliphatic hydroxyl groups excluding tert-OH is 1. The van der Waals surface area contributed by atoms with E-state index in [-0.39, 0.29) is 12.5 Å². The molecule has 0 saturated carbocycles. The number of nitrogens with one attached hydrogen (secondary N) is 2. The van der Waals surface area contributed by atoms with Gasteiger partial charge in [0, 0.05) is 23.4 Å². The molecule has 0 saturated heterocycles. The lowest BCUT2D eigenvalue weighted by molar-refractivity contribution is 0.102. The summed E-state index contributed by atoms with van der Waals surface area (Å²) < 4.78 is 0. The second-order valence-electron chi connectivity index (χ2n) is 4.22. The van der Waals surface area contributed by atoms with Crippen molar-refractivity contribution in [3.8, 4) is 11.8 Å². The van der Waals surface area contributed by atoms with Gasteiger partial charge in [0.25, 0.3) is 5.91 Å². The Bertz CT molecular complexity index is 648. The Balaban J connectivity index is 2.03. The fraction of sp³-hybridized carbons (Fsp3) is 0.200. The first-order valence-corrected chi connectivity index (χ1v) is 6.22. The molecule has 1 aromatic heterocycles. The number of benzene rings is 1. The molecule has 0 aliphatic rings. The lowest BCUT2D eigenvalue weighted by Crippen LogP contribution is -2.12. The van der Waals surface area contributed by atoms with Gasteiger partial charge in [-0.1, -0.05) is 11.8 Å². The van der Waals surface area contributed by atoms with Crippen molar-refractivity contribution in [3.05, 3.63) is 47.3 Å². The fourth-order valence-corrected chi connectivity index (χ4v) is 1.64. The monoisotopic (exact) mass is 269 g/mol. The van der Waals surface area contributed by atoms with Crippen LogP contribution < -0.4 is 5.32 Å². The van der Waals surface area contributed by atoms with E-state index >= 15 is 0 Å². The molecule has 0 aliphatic carbocycles. The summed E-state index contributed by atoms with van der Waals surface area (Å²) in [6, 6.07) is 7.22. The van der Waals surface area contributed by atoms with E-state index in [1.54, 1.807) is 19.1 Å². The van der Waals surface area contributed by atoms with Crippen LogP contribution in [-0.2, 0) is 0 Å². The maximum atomic E-state index is 12.0. The SMILES string of the molecule is Cc1[nH]ncc1C(=O)Nc1ccc(C#CCCO)cc1. The third-order valence-electron chi connectivity index (χ3n) is 2.69. The number of anilines is 1. The predicted molar refractivity (Wildman–Crippen MR) is 76.3 cm³/mol. The van der Waals surface area contributed by atoms with Gasteiger partial charge in [-0.2, -0.15) is 5.10 Å². The van der Waals surface area contributed by atoms with E-state index in [0.717, 1.165) is 11.3 Å². The van der Waals surface area contributed by atoms with Crippen LogP contribution >= 0.6 is 0 Å². The van der Waals surface area contributed by atoms with Crippen LogP contribution in [0.2, 0.25) is 0 Å². The molecule has 1 amide bonds. The van der Waals surface area contributed by atoms with Gasteiger partial charge in [-0.3, -0.25) is 9.89 Å². The summed E-state index contributed by atoms with van der Waals surface area (Å²) in [6.07, 6.45) is 1.96. The Kier molecular flexibility index (Phi) is 4.53. The highest BCUT2D eigenvalue weighted by molar-refractivity contribution is 6.04.